The molecule has 39 heavy (non-hydrogen) atoms. The third-order valence-electron chi connectivity index (χ3n) is 5.71. The van der Waals surface area contributed by atoms with Crippen LogP contribution in [0.1, 0.15) is 23.9 Å². The van der Waals surface area contributed by atoms with Gasteiger partial charge < -0.3 is 20.1 Å². The molecule has 9 nitrogen and oxygen atoms in total. The van der Waals surface area contributed by atoms with Gasteiger partial charge in [-0.3, -0.25) is 14.2 Å². The van der Waals surface area contributed by atoms with E-state index in [1.165, 1.54) is 11.8 Å². The summed E-state index contributed by atoms with van der Waals surface area (Å²) in [6.45, 7) is 4.69. The molecule has 10 heteroatoms. The summed E-state index contributed by atoms with van der Waals surface area (Å²) >= 11 is 1.28. The highest BCUT2D eigenvalue weighted by atomic mass is 32.2. The molecule has 0 aliphatic rings. The quantitative estimate of drug-likeness (QED) is 0.251. The predicted molar refractivity (Wildman–Crippen MR) is 152 cm³/mol. The van der Waals surface area contributed by atoms with Crippen LogP contribution in [0.4, 0.5) is 5.69 Å². The van der Waals surface area contributed by atoms with Gasteiger partial charge in [-0.2, -0.15) is 0 Å². The number of carbonyl (C=O) groups is 2. The fourth-order valence-electron chi connectivity index (χ4n) is 3.83. The van der Waals surface area contributed by atoms with Crippen LogP contribution in [0.5, 0.6) is 11.5 Å². The Bertz CT molecular complexity index is 1400. The minimum Gasteiger partial charge on any atom is -0.497 e. The Hall–Kier alpha value is -4.31. The SMILES string of the molecule is CCOc1ccc(NC(=O)CSc2nnc(CNC(=O)Cc3ccc(OC)cc3)n2-c2cccc(C)c2)cc1. The summed E-state index contributed by atoms with van der Waals surface area (Å²) < 4.78 is 12.5. The number of rotatable bonds is 12. The molecule has 0 fully saturated rings. The molecule has 0 radical (unpaired) electrons. The van der Waals surface area contributed by atoms with E-state index >= 15 is 0 Å². The highest BCUT2D eigenvalue weighted by Crippen LogP contribution is 2.24. The maximum atomic E-state index is 12.6. The molecule has 2 N–H and O–H groups in total. The van der Waals surface area contributed by atoms with Crippen molar-refractivity contribution >= 4 is 29.3 Å². The van der Waals surface area contributed by atoms with Gasteiger partial charge in [0.25, 0.3) is 0 Å². The minimum absolute atomic E-state index is 0.136. The number of amides is 2. The van der Waals surface area contributed by atoms with E-state index in [1.54, 1.807) is 19.2 Å². The lowest BCUT2D eigenvalue weighted by atomic mass is 10.1. The Morgan fingerprint density at radius 1 is 0.949 bits per heavy atom. The summed E-state index contributed by atoms with van der Waals surface area (Å²) in [6.07, 6.45) is 0.232. The Morgan fingerprint density at radius 2 is 1.69 bits per heavy atom. The zero-order valence-corrected chi connectivity index (χ0v) is 23.0. The van der Waals surface area contributed by atoms with E-state index in [4.69, 9.17) is 9.47 Å². The summed E-state index contributed by atoms with van der Waals surface area (Å²) in [5, 5.41) is 15.0. The monoisotopic (exact) mass is 545 g/mol. The first kappa shape index (κ1) is 27.7. The fraction of sp³-hybridized carbons (Fsp3) is 0.241. The summed E-state index contributed by atoms with van der Waals surface area (Å²) in [4.78, 5) is 25.3. The van der Waals surface area contributed by atoms with Crippen LogP contribution >= 0.6 is 11.8 Å². The molecular formula is C29H31N5O4S. The van der Waals surface area contributed by atoms with Crippen molar-refractivity contribution in [2.45, 2.75) is 32.0 Å². The number of aryl methyl sites for hydroxylation is 1. The lowest BCUT2D eigenvalue weighted by Gasteiger charge is -2.12. The number of carbonyl (C=O) groups excluding carboxylic acids is 2. The second-order valence-corrected chi connectivity index (χ2v) is 9.61. The predicted octanol–water partition coefficient (Wildman–Crippen LogP) is 4.57. The van der Waals surface area contributed by atoms with Gasteiger partial charge in [-0.1, -0.05) is 36.0 Å². The number of ether oxygens (including phenoxy) is 2. The number of anilines is 1. The lowest BCUT2D eigenvalue weighted by Crippen LogP contribution is -2.26. The average Bonchev–Trinajstić information content (AvgIpc) is 3.35. The zero-order valence-electron chi connectivity index (χ0n) is 22.1. The molecule has 0 aliphatic carbocycles. The van der Waals surface area contributed by atoms with Crippen LogP contribution in [0, 0.1) is 6.92 Å². The van der Waals surface area contributed by atoms with Crippen LogP contribution in [0.2, 0.25) is 0 Å². The second-order valence-electron chi connectivity index (χ2n) is 8.67. The van der Waals surface area contributed by atoms with Crippen molar-refractivity contribution in [1.29, 1.82) is 0 Å². The first-order valence-electron chi connectivity index (χ1n) is 12.5. The molecule has 1 aromatic heterocycles. The first-order chi connectivity index (χ1) is 18.9. The zero-order chi connectivity index (χ0) is 27.6. The summed E-state index contributed by atoms with van der Waals surface area (Å²) in [5.74, 6) is 1.89. The fourth-order valence-corrected chi connectivity index (χ4v) is 4.60. The van der Waals surface area contributed by atoms with Gasteiger partial charge in [0.1, 0.15) is 11.5 Å². The number of thioether (sulfide) groups is 1. The van der Waals surface area contributed by atoms with Crippen LogP contribution < -0.4 is 20.1 Å². The number of hydrogen-bond donors (Lipinski definition) is 2. The highest BCUT2D eigenvalue weighted by Gasteiger charge is 2.17. The van der Waals surface area contributed by atoms with Crippen LogP contribution in [-0.2, 0) is 22.6 Å². The van der Waals surface area contributed by atoms with E-state index in [0.29, 0.717) is 23.3 Å². The standard InChI is InChI=1S/C29H31N5O4S/c1-4-38-25-14-10-22(11-15-25)31-28(36)19-39-29-33-32-26(34(29)23-7-5-6-20(2)16-23)18-30-27(35)17-21-8-12-24(37-3)13-9-21/h5-16H,4,17-19H2,1-3H3,(H,30,35)(H,31,36). The minimum atomic E-state index is -0.169. The van der Waals surface area contributed by atoms with Gasteiger partial charge >= 0.3 is 0 Å². The van der Waals surface area contributed by atoms with Crippen molar-refractivity contribution in [3.8, 4) is 17.2 Å². The molecule has 0 saturated heterocycles. The normalized spacial score (nSPS) is 10.6. The van der Waals surface area contributed by atoms with Crippen molar-refractivity contribution in [3.63, 3.8) is 0 Å². The number of hydrogen-bond acceptors (Lipinski definition) is 7. The van der Waals surface area contributed by atoms with Crippen LogP contribution in [0.25, 0.3) is 5.69 Å². The molecule has 0 saturated carbocycles. The topological polar surface area (TPSA) is 107 Å². The van der Waals surface area contributed by atoms with Crippen LogP contribution in [-0.4, -0.2) is 46.0 Å². The van der Waals surface area contributed by atoms with Gasteiger partial charge in [0.05, 0.1) is 32.4 Å². The molecule has 3 aromatic carbocycles. The Labute approximate surface area is 231 Å². The third-order valence-corrected chi connectivity index (χ3v) is 6.64. The molecule has 2 amide bonds. The summed E-state index contributed by atoms with van der Waals surface area (Å²) in [5.41, 5.74) is 3.49. The number of aromatic nitrogens is 3. The van der Waals surface area contributed by atoms with Gasteiger partial charge in [-0.05, 0) is 73.5 Å². The van der Waals surface area contributed by atoms with Crippen molar-refractivity contribution in [1.82, 2.24) is 20.1 Å². The molecule has 0 spiro atoms. The number of nitrogens with zero attached hydrogens (tertiary/aromatic N) is 3. The van der Waals surface area contributed by atoms with Gasteiger partial charge in [-0.25, -0.2) is 0 Å². The average molecular weight is 546 g/mol. The molecule has 0 aliphatic heterocycles. The smallest absolute Gasteiger partial charge is 0.234 e. The summed E-state index contributed by atoms with van der Waals surface area (Å²) in [7, 11) is 1.60. The van der Waals surface area contributed by atoms with Gasteiger partial charge in [0.2, 0.25) is 11.8 Å². The van der Waals surface area contributed by atoms with Crippen LogP contribution in [0.3, 0.4) is 0 Å². The van der Waals surface area contributed by atoms with Crippen molar-refractivity contribution in [2.75, 3.05) is 24.8 Å². The largest absolute Gasteiger partial charge is 0.497 e. The summed E-state index contributed by atoms with van der Waals surface area (Å²) in [6, 6.07) is 22.5. The molecule has 0 unspecified atom stereocenters. The van der Waals surface area contributed by atoms with Gasteiger partial charge in [0.15, 0.2) is 11.0 Å². The van der Waals surface area contributed by atoms with E-state index < -0.39 is 0 Å². The second kappa shape index (κ2) is 13.5. The lowest BCUT2D eigenvalue weighted by molar-refractivity contribution is -0.120. The Morgan fingerprint density at radius 3 is 2.38 bits per heavy atom. The number of methoxy groups -OCH3 is 1. The molecule has 4 rings (SSSR count). The molecule has 202 valence electrons. The van der Waals surface area contributed by atoms with E-state index in [2.05, 4.69) is 20.8 Å². The van der Waals surface area contributed by atoms with E-state index in [1.807, 2.05) is 79.1 Å². The van der Waals surface area contributed by atoms with Gasteiger partial charge in [0, 0.05) is 11.4 Å². The van der Waals surface area contributed by atoms with Crippen LogP contribution in [0.15, 0.2) is 78.0 Å². The molecule has 4 aromatic rings. The maximum absolute atomic E-state index is 12.6. The Kier molecular flexibility index (Phi) is 9.58. The molecule has 0 atom stereocenters. The van der Waals surface area contributed by atoms with E-state index in [9.17, 15) is 9.59 Å². The molecule has 0 bridgehead atoms. The van der Waals surface area contributed by atoms with E-state index in [-0.39, 0.29) is 30.5 Å². The highest BCUT2D eigenvalue weighted by molar-refractivity contribution is 7.99. The Balaban J connectivity index is 1.42. The number of nitrogens with one attached hydrogen (secondary N) is 2. The van der Waals surface area contributed by atoms with Crippen molar-refractivity contribution < 1.29 is 19.1 Å². The van der Waals surface area contributed by atoms with Crippen molar-refractivity contribution in [3.05, 3.63) is 89.7 Å². The first-order valence-corrected chi connectivity index (χ1v) is 13.5. The van der Waals surface area contributed by atoms with Gasteiger partial charge in [-0.15, -0.1) is 10.2 Å². The molecule has 1 heterocycles. The number of benzene rings is 3. The third kappa shape index (κ3) is 7.84. The van der Waals surface area contributed by atoms with E-state index in [0.717, 1.165) is 28.3 Å². The molecular weight excluding hydrogens is 514 g/mol. The maximum Gasteiger partial charge on any atom is 0.234 e. The van der Waals surface area contributed by atoms with Crippen molar-refractivity contribution in [2.24, 2.45) is 0 Å².